The van der Waals surface area contributed by atoms with E-state index in [4.69, 9.17) is 0 Å². The number of hydrogen-bond acceptors (Lipinski definition) is 4. The van der Waals surface area contributed by atoms with Gasteiger partial charge in [0.15, 0.2) is 0 Å². The first kappa shape index (κ1) is 20.6. The van der Waals surface area contributed by atoms with Crippen LogP contribution in [0.3, 0.4) is 0 Å². The Morgan fingerprint density at radius 3 is 2.14 bits per heavy atom. The number of amides is 1. The van der Waals surface area contributed by atoms with Crippen molar-refractivity contribution in [3.8, 4) is 0 Å². The summed E-state index contributed by atoms with van der Waals surface area (Å²) in [6.07, 6.45) is 1.61. The van der Waals surface area contributed by atoms with Crippen LogP contribution in [-0.2, 0) is 14.8 Å². The minimum Gasteiger partial charge on any atom is -0.326 e. The Hall–Kier alpha value is -3.13. The van der Waals surface area contributed by atoms with Gasteiger partial charge < -0.3 is 5.32 Å². The van der Waals surface area contributed by atoms with Gasteiger partial charge in [-0.2, -0.15) is 0 Å². The fourth-order valence-electron chi connectivity index (χ4n) is 2.70. The molecule has 2 N–H and O–H groups in total. The van der Waals surface area contributed by atoms with Crippen LogP contribution in [0.25, 0.3) is 10.9 Å². The highest BCUT2D eigenvalue weighted by Gasteiger charge is 2.21. The standard InChI is InChI=1S/C21H23N3O4S/c1-14(25)24-12-11-15-5-10-18(13-19(15)24)29(27,28)23-17-8-6-16(7-9-17)22-20(26)21(2,3)4/h5-13,23H,1-4H3,(H,22,26). The maximum absolute atomic E-state index is 12.8. The SMILES string of the molecule is CC(=O)n1ccc2ccc(S(=O)(=O)Nc3ccc(NC(=O)C(C)(C)C)cc3)cc21. The predicted octanol–water partition coefficient (Wildman–Crippen LogP) is 4.09. The molecule has 0 saturated carbocycles. The molecule has 0 radical (unpaired) electrons. The second kappa shape index (κ2) is 7.36. The summed E-state index contributed by atoms with van der Waals surface area (Å²) in [5.41, 5.74) is 0.936. The van der Waals surface area contributed by atoms with Crippen LogP contribution in [0.5, 0.6) is 0 Å². The van der Waals surface area contributed by atoms with Crippen LogP contribution in [-0.4, -0.2) is 24.8 Å². The highest BCUT2D eigenvalue weighted by atomic mass is 32.2. The van der Waals surface area contributed by atoms with E-state index in [9.17, 15) is 18.0 Å². The molecule has 1 aromatic heterocycles. The van der Waals surface area contributed by atoms with Crippen LogP contribution in [0.4, 0.5) is 11.4 Å². The fraction of sp³-hybridized carbons (Fsp3) is 0.238. The average Bonchev–Trinajstić information content (AvgIpc) is 3.05. The Kier molecular flexibility index (Phi) is 5.23. The number of carbonyl (C=O) groups is 2. The average molecular weight is 413 g/mol. The van der Waals surface area contributed by atoms with Gasteiger partial charge in [0, 0.05) is 35.3 Å². The summed E-state index contributed by atoms with van der Waals surface area (Å²) in [5.74, 6) is -0.331. The monoisotopic (exact) mass is 413 g/mol. The van der Waals surface area contributed by atoms with Gasteiger partial charge >= 0.3 is 0 Å². The van der Waals surface area contributed by atoms with E-state index in [1.165, 1.54) is 23.6 Å². The van der Waals surface area contributed by atoms with Crippen LogP contribution in [0.1, 0.15) is 32.5 Å². The molecule has 0 bridgehead atoms. The van der Waals surface area contributed by atoms with Crippen LogP contribution in [0, 0.1) is 5.41 Å². The third kappa shape index (κ3) is 4.48. The molecule has 1 heterocycles. The second-order valence-electron chi connectivity index (χ2n) is 7.81. The molecular formula is C21H23N3O4S. The third-order valence-corrected chi connectivity index (χ3v) is 5.77. The Bertz CT molecular complexity index is 1190. The molecule has 1 amide bonds. The molecule has 2 aromatic carbocycles. The van der Waals surface area contributed by atoms with E-state index in [1.807, 2.05) is 20.8 Å². The Labute approximate surface area is 169 Å². The first-order valence-corrected chi connectivity index (χ1v) is 10.5. The molecule has 3 rings (SSSR count). The van der Waals surface area contributed by atoms with Crippen molar-refractivity contribution in [1.29, 1.82) is 0 Å². The molecule has 0 fully saturated rings. The molecule has 0 saturated heterocycles. The van der Waals surface area contributed by atoms with Gasteiger partial charge in [0.2, 0.25) is 11.8 Å². The molecule has 8 heteroatoms. The van der Waals surface area contributed by atoms with E-state index >= 15 is 0 Å². The van der Waals surface area contributed by atoms with Crippen molar-refractivity contribution in [2.75, 3.05) is 10.0 Å². The fourth-order valence-corrected chi connectivity index (χ4v) is 3.78. The zero-order valence-corrected chi connectivity index (χ0v) is 17.5. The van der Waals surface area contributed by atoms with Crippen molar-refractivity contribution in [3.63, 3.8) is 0 Å². The summed E-state index contributed by atoms with van der Waals surface area (Å²) in [7, 11) is -3.85. The smallest absolute Gasteiger partial charge is 0.261 e. The number of nitrogens with zero attached hydrogens (tertiary/aromatic N) is 1. The van der Waals surface area contributed by atoms with Gasteiger partial charge in [-0.1, -0.05) is 26.8 Å². The number of anilines is 2. The maximum Gasteiger partial charge on any atom is 0.261 e. The van der Waals surface area contributed by atoms with Crippen molar-refractivity contribution in [2.24, 2.45) is 5.41 Å². The van der Waals surface area contributed by atoms with Crippen molar-refractivity contribution < 1.29 is 18.0 Å². The highest BCUT2D eigenvalue weighted by molar-refractivity contribution is 7.92. The Morgan fingerprint density at radius 1 is 0.931 bits per heavy atom. The molecule has 0 aliphatic carbocycles. The molecule has 29 heavy (non-hydrogen) atoms. The number of aromatic nitrogens is 1. The van der Waals surface area contributed by atoms with Crippen molar-refractivity contribution in [3.05, 3.63) is 54.7 Å². The van der Waals surface area contributed by atoms with E-state index in [-0.39, 0.29) is 16.7 Å². The molecule has 0 unspecified atom stereocenters. The number of hydrogen-bond donors (Lipinski definition) is 2. The molecule has 152 valence electrons. The van der Waals surface area contributed by atoms with Gasteiger partial charge in [-0.25, -0.2) is 8.42 Å². The van der Waals surface area contributed by atoms with Crippen molar-refractivity contribution >= 4 is 44.1 Å². The molecule has 0 aliphatic rings. The predicted molar refractivity (Wildman–Crippen MR) is 114 cm³/mol. The lowest BCUT2D eigenvalue weighted by Gasteiger charge is -2.17. The molecule has 7 nitrogen and oxygen atoms in total. The number of rotatable bonds is 4. The van der Waals surface area contributed by atoms with Gasteiger partial charge in [-0.15, -0.1) is 0 Å². The number of nitrogens with one attached hydrogen (secondary N) is 2. The molecule has 0 aliphatic heterocycles. The minimum absolute atomic E-state index is 0.0521. The summed E-state index contributed by atoms with van der Waals surface area (Å²) >= 11 is 0. The van der Waals surface area contributed by atoms with Gasteiger partial charge in [-0.3, -0.25) is 18.9 Å². The van der Waals surface area contributed by atoms with Crippen molar-refractivity contribution in [1.82, 2.24) is 4.57 Å². The normalized spacial score (nSPS) is 12.0. The summed E-state index contributed by atoms with van der Waals surface area (Å²) in [5, 5.41) is 3.56. The Balaban J connectivity index is 1.82. The van der Waals surface area contributed by atoms with Gasteiger partial charge in [0.25, 0.3) is 10.0 Å². The zero-order valence-electron chi connectivity index (χ0n) is 16.7. The summed E-state index contributed by atoms with van der Waals surface area (Å²) < 4.78 is 29.5. The van der Waals surface area contributed by atoms with E-state index < -0.39 is 15.4 Å². The van der Waals surface area contributed by atoms with Gasteiger partial charge in [0.1, 0.15) is 0 Å². The number of sulfonamides is 1. The van der Waals surface area contributed by atoms with Gasteiger partial charge in [-0.05, 0) is 42.5 Å². The highest BCUT2D eigenvalue weighted by Crippen LogP contribution is 2.24. The number of benzene rings is 2. The number of fused-ring (bicyclic) bond motifs is 1. The van der Waals surface area contributed by atoms with Crippen molar-refractivity contribution in [2.45, 2.75) is 32.6 Å². The first-order chi connectivity index (χ1) is 13.5. The maximum atomic E-state index is 12.8. The molecule has 3 aromatic rings. The number of carbonyl (C=O) groups excluding carboxylic acids is 2. The van der Waals surface area contributed by atoms with Crippen LogP contribution < -0.4 is 10.0 Å². The summed E-state index contributed by atoms with van der Waals surface area (Å²) in [4.78, 5) is 23.8. The lowest BCUT2D eigenvalue weighted by atomic mass is 9.95. The van der Waals surface area contributed by atoms with E-state index in [0.717, 1.165) is 5.39 Å². The first-order valence-electron chi connectivity index (χ1n) is 9.04. The Morgan fingerprint density at radius 2 is 1.55 bits per heavy atom. The van der Waals surface area contributed by atoms with Crippen LogP contribution in [0.2, 0.25) is 0 Å². The van der Waals surface area contributed by atoms with E-state index in [2.05, 4.69) is 10.0 Å². The van der Waals surface area contributed by atoms with Crippen LogP contribution in [0.15, 0.2) is 59.6 Å². The molecule has 0 spiro atoms. The topological polar surface area (TPSA) is 97.3 Å². The molecule has 0 atom stereocenters. The zero-order chi connectivity index (χ0) is 21.4. The third-order valence-electron chi connectivity index (χ3n) is 4.39. The summed E-state index contributed by atoms with van der Waals surface area (Å²) in [6, 6.07) is 12.8. The van der Waals surface area contributed by atoms with E-state index in [0.29, 0.717) is 16.9 Å². The minimum atomic E-state index is -3.85. The van der Waals surface area contributed by atoms with Gasteiger partial charge in [0.05, 0.1) is 10.4 Å². The van der Waals surface area contributed by atoms with Crippen LogP contribution >= 0.6 is 0 Å². The molecular weight excluding hydrogens is 390 g/mol. The lowest BCUT2D eigenvalue weighted by Crippen LogP contribution is -2.27. The van der Waals surface area contributed by atoms with E-state index in [1.54, 1.807) is 42.6 Å². The second-order valence-corrected chi connectivity index (χ2v) is 9.49. The largest absolute Gasteiger partial charge is 0.326 e. The summed E-state index contributed by atoms with van der Waals surface area (Å²) in [6.45, 7) is 6.84. The quantitative estimate of drug-likeness (QED) is 0.673. The lowest BCUT2D eigenvalue weighted by molar-refractivity contribution is -0.123.